The molecule has 0 radical (unpaired) electrons. The van der Waals surface area contributed by atoms with Gasteiger partial charge in [0.1, 0.15) is 0 Å². The van der Waals surface area contributed by atoms with Crippen molar-refractivity contribution in [2.24, 2.45) is 5.92 Å². The molecule has 0 fully saturated rings. The first-order chi connectivity index (χ1) is 6.41. The third-order valence-corrected chi connectivity index (χ3v) is 1.38. The van der Waals surface area contributed by atoms with E-state index in [-0.39, 0.29) is 5.69 Å². The van der Waals surface area contributed by atoms with Crippen molar-refractivity contribution in [2.45, 2.75) is 27.1 Å². The van der Waals surface area contributed by atoms with Crippen LogP contribution >= 0.6 is 0 Å². The Hall–Kier alpha value is -0.920. The molecule has 0 saturated heterocycles. The van der Waals surface area contributed by atoms with E-state index in [1.165, 1.54) is 12.4 Å². The summed E-state index contributed by atoms with van der Waals surface area (Å²) in [5.41, 5.74) is 0.719. The molecule has 0 N–H and O–H groups in total. The largest absolute Gasteiger partial charge is 0.258 e. The second-order valence-corrected chi connectivity index (χ2v) is 2.95. The fourth-order valence-electron chi connectivity index (χ4n) is 0.903. The van der Waals surface area contributed by atoms with Crippen molar-refractivity contribution in [3.63, 3.8) is 0 Å². The summed E-state index contributed by atoms with van der Waals surface area (Å²) in [6.07, 6.45) is 3.61. The summed E-state index contributed by atoms with van der Waals surface area (Å²) < 4.78 is 21.9. The van der Waals surface area contributed by atoms with Crippen molar-refractivity contribution < 1.29 is 4.11 Å². The van der Waals surface area contributed by atoms with Gasteiger partial charge in [0, 0.05) is 16.5 Å². The van der Waals surface area contributed by atoms with Crippen LogP contribution in [0.15, 0.2) is 12.4 Å². The van der Waals surface area contributed by atoms with Crippen molar-refractivity contribution in [1.29, 1.82) is 0 Å². The van der Waals surface area contributed by atoms with E-state index in [1.807, 2.05) is 13.8 Å². The SMILES string of the molecule is [2H]C([2H])([2H])c1nccnc1CC(C)C. The molecule has 1 rings (SSSR count). The van der Waals surface area contributed by atoms with Crippen molar-refractivity contribution in [1.82, 2.24) is 9.97 Å². The van der Waals surface area contributed by atoms with E-state index >= 15 is 0 Å². The van der Waals surface area contributed by atoms with Gasteiger partial charge in [0.15, 0.2) is 0 Å². The minimum Gasteiger partial charge on any atom is -0.258 e. The Kier molecular flexibility index (Phi) is 1.53. The highest BCUT2D eigenvalue weighted by atomic mass is 14.8. The highest BCUT2D eigenvalue weighted by Gasteiger charge is 2.01. The van der Waals surface area contributed by atoms with E-state index < -0.39 is 6.85 Å². The quantitative estimate of drug-likeness (QED) is 0.649. The van der Waals surface area contributed by atoms with Gasteiger partial charge in [-0.05, 0) is 19.2 Å². The van der Waals surface area contributed by atoms with E-state index in [1.54, 1.807) is 0 Å². The second-order valence-electron chi connectivity index (χ2n) is 2.95. The van der Waals surface area contributed by atoms with Crippen LogP contribution in [0.1, 0.15) is 29.3 Å². The van der Waals surface area contributed by atoms with Crippen LogP contribution in [-0.2, 0) is 6.42 Å². The highest BCUT2D eigenvalue weighted by molar-refractivity contribution is 5.08. The molecule has 1 aromatic rings. The van der Waals surface area contributed by atoms with Crippen molar-refractivity contribution >= 4 is 0 Å². The third kappa shape index (κ3) is 2.30. The molecular weight excluding hydrogens is 136 g/mol. The first-order valence-corrected chi connectivity index (χ1v) is 3.71. The number of rotatable bonds is 2. The molecule has 0 aliphatic heterocycles. The van der Waals surface area contributed by atoms with Gasteiger partial charge in [-0.1, -0.05) is 13.8 Å². The molecule has 0 saturated carbocycles. The van der Waals surface area contributed by atoms with Crippen LogP contribution < -0.4 is 0 Å². The first kappa shape index (κ1) is 4.86. The predicted octanol–water partition coefficient (Wildman–Crippen LogP) is 1.98. The van der Waals surface area contributed by atoms with E-state index in [9.17, 15) is 0 Å². The molecule has 1 heterocycles. The number of hydrogen-bond acceptors (Lipinski definition) is 2. The Morgan fingerprint density at radius 2 is 2.18 bits per heavy atom. The van der Waals surface area contributed by atoms with Crippen molar-refractivity contribution in [3.8, 4) is 0 Å². The highest BCUT2D eigenvalue weighted by Crippen LogP contribution is 2.06. The normalized spacial score (nSPS) is 15.7. The number of aryl methyl sites for hydroxylation is 1. The monoisotopic (exact) mass is 153 g/mol. The van der Waals surface area contributed by atoms with Gasteiger partial charge in [-0.3, -0.25) is 9.97 Å². The molecule has 1 aromatic heterocycles. The standard InChI is InChI=1S/C9H14N2/c1-7(2)6-9-8(3)10-4-5-11-9/h4-5,7H,6H2,1-3H3/i3D3. The lowest BCUT2D eigenvalue weighted by Gasteiger charge is -2.04. The van der Waals surface area contributed by atoms with E-state index in [0.29, 0.717) is 18.0 Å². The summed E-state index contributed by atoms with van der Waals surface area (Å²) >= 11 is 0. The lowest BCUT2D eigenvalue weighted by atomic mass is 10.1. The number of nitrogens with zero attached hydrogens (tertiary/aromatic N) is 2. The summed E-state index contributed by atoms with van der Waals surface area (Å²) in [7, 11) is 0. The summed E-state index contributed by atoms with van der Waals surface area (Å²) in [6.45, 7) is 1.90. The Morgan fingerprint density at radius 1 is 1.45 bits per heavy atom. The molecule has 2 nitrogen and oxygen atoms in total. The molecule has 0 aliphatic rings. The molecule has 2 heteroatoms. The van der Waals surface area contributed by atoms with Gasteiger partial charge in [-0.2, -0.15) is 0 Å². The van der Waals surface area contributed by atoms with Gasteiger partial charge in [0.2, 0.25) is 0 Å². The van der Waals surface area contributed by atoms with Gasteiger partial charge >= 0.3 is 0 Å². The van der Waals surface area contributed by atoms with Crippen LogP contribution in [0.3, 0.4) is 0 Å². The minimum absolute atomic E-state index is 0.133. The second kappa shape index (κ2) is 3.46. The predicted molar refractivity (Wildman–Crippen MR) is 45.3 cm³/mol. The average Bonchev–Trinajstić information content (AvgIpc) is 2.01. The van der Waals surface area contributed by atoms with Crippen LogP contribution in [0.4, 0.5) is 0 Å². The maximum atomic E-state index is 7.29. The van der Waals surface area contributed by atoms with Crippen LogP contribution in [0.5, 0.6) is 0 Å². The van der Waals surface area contributed by atoms with Gasteiger partial charge in [0.05, 0.1) is 11.4 Å². The molecule has 0 amide bonds. The summed E-state index contributed by atoms with van der Waals surface area (Å²) in [4.78, 5) is 7.94. The molecule has 0 bridgehead atoms. The van der Waals surface area contributed by atoms with Gasteiger partial charge < -0.3 is 0 Å². The fraction of sp³-hybridized carbons (Fsp3) is 0.556. The maximum absolute atomic E-state index is 7.29. The minimum atomic E-state index is -2.15. The summed E-state index contributed by atoms with van der Waals surface area (Å²) in [5.74, 6) is 0.382. The van der Waals surface area contributed by atoms with Gasteiger partial charge in [-0.25, -0.2) is 0 Å². The van der Waals surface area contributed by atoms with E-state index in [2.05, 4.69) is 9.97 Å². The Bertz CT molecular complexity index is 307. The van der Waals surface area contributed by atoms with Crippen LogP contribution in [-0.4, -0.2) is 9.97 Å². The van der Waals surface area contributed by atoms with E-state index in [0.717, 1.165) is 0 Å². The fourth-order valence-corrected chi connectivity index (χ4v) is 0.903. The molecule has 60 valence electrons. The van der Waals surface area contributed by atoms with Crippen molar-refractivity contribution in [2.75, 3.05) is 0 Å². The maximum Gasteiger partial charge on any atom is 0.0618 e. The van der Waals surface area contributed by atoms with Gasteiger partial charge in [-0.15, -0.1) is 0 Å². The molecule has 0 aromatic carbocycles. The lowest BCUT2D eigenvalue weighted by molar-refractivity contribution is 0.629. The Balaban J connectivity index is 3.04. The molecule has 0 aliphatic carbocycles. The Morgan fingerprint density at radius 3 is 2.82 bits per heavy atom. The van der Waals surface area contributed by atoms with Crippen molar-refractivity contribution in [3.05, 3.63) is 23.8 Å². The number of hydrogen-bond donors (Lipinski definition) is 0. The number of aromatic nitrogens is 2. The first-order valence-electron chi connectivity index (χ1n) is 5.21. The van der Waals surface area contributed by atoms with Crippen LogP contribution in [0, 0.1) is 12.8 Å². The summed E-state index contributed by atoms with van der Waals surface area (Å²) in [6, 6.07) is 0. The third-order valence-electron chi connectivity index (χ3n) is 1.38. The molecule has 0 atom stereocenters. The molecular formula is C9H14N2. The molecule has 11 heavy (non-hydrogen) atoms. The molecule has 0 spiro atoms. The zero-order valence-corrected chi connectivity index (χ0v) is 6.83. The van der Waals surface area contributed by atoms with E-state index in [4.69, 9.17) is 4.11 Å². The molecule has 0 unspecified atom stereocenters. The lowest BCUT2D eigenvalue weighted by Crippen LogP contribution is -2.00. The Labute approximate surface area is 71.9 Å². The zero-order valence-electron chi connectivity index (χ0n) is 9.83. The zero-order chi connectivity index (χ0) is 10.8. The van der Waals surface area contributed by atoms with Crippen LogP contribution in [0.2, 0.25) is 0 Å². The smallest absolute Gasteiger partial charge is 0.0618 e. The van der Waals surface area contributed by atoms with Gasteiger partial charge in [0.25, 0.3) is 0 Å². The summed E-state index contributed by atoms with van der Waals surface area (Å²) in [5, 5.41) is 0. The van der Waals surface area contributed by atoms with Crippen LogP contribution in [0.25, 0.3) is 0 Å². The average molecular weight is 153 g/mol. The topological polar surface area (TPSA) is 25.8 Å².